The van der Waals surface area contributed by atoms with E-state index >= 15 is 0 Å². The summed E-state index contributed by atoms with van der Waals surface area (Å²) in [6, 6.07) is 2.15. The van der Waals surface area contributed by atoms with Gasteiger partial charge in [0.2, 0.25) is 5.91 Å². The van der Waals surface area contributed by atoms with E-state index in [1.54, 1.807) is 17.4 Å². The minimum atomic E-state index is -0.394. The minimum Gasteiger partial charge on any atom is -0.465 e. The van der Waals surface area contributed by atoms with Crippen LogP contribution in [0.25, 0.3) is 11.4 Å². The van der Waals surface area contributed by atoms with Gasteiger partial charge < -0.3 is 10.1 Å². The van der Waals surface area contributed by atoms with E-state index in [1.165, 1.54) is 40.0 Å². The molecule has 0 bridgehead atoms. The summed E-state index contributed by atoms with van der Waals surface area (Å²) in [5.74, 6) is 0.782. The maximum Gasteiger partial charge on any atom is 0.341 e. The van der Waals surface area contributed by atoms with Gasteiger partial charge in [0.1, 0.15) is 5.00 Å². The summed E-state index contributed by atoms with van der Waals surface area (Å²) >= 11 is 4.51. The molecule has 0 radical (unpaired) electrons. The van der Waals surface area contributed by atoms with Crippen molar-refractivity contribution in [2.24, 2.45) is 0 Å². The highest BCUT2D eigenvalue weighted by Crippen LogP contribution is 2.39. The van der Waals surface area contributed by atoms with Crippen molar-refractivity contribution in [2.75, 3.05) is 18.2 Å². The Kier molecular flexibility index (Phi) is 7.90. The van der Waals surface area contributed by atoms with Crippen LogP contribution in [0.2, 0.25) is 0 Å². The van der Waals surface area contributed by atoms with Crippen LogP contribution in [0, 0.1) is 0 Å². The van der Waals surface area contributed by atoms with Gasteiger partial charge in [-0.3, -0.25) is 9.36 Å². The Morgan fingerprint density at radius 3 is 2.82 bits per heavy atom. The number of carbonyl (C=O) groups is 2. The maximum absolute atomic E-state index is 12.8. The summed E-state index contributed by atoms with van der Waals surface area (Å²) in [5.41, 5.74) is 2.56. The molecular weight excluding hydrogens is 488 g/mol. The van der Waals surface area contributed by atoms with Crippen molar-refractivity contribution >= 4 is 51.3 Å². The predicted octanol–water partition coefficient (Wildman–Crippen LogP) is 5.77. The zero-order valence-electron chi connectivity index (χ0n) is 19.6. The number of methoxy groups -OCH3 is 1. The number of fused-ring (bicyclic) bond motifs is 1. The Balaban J connectivity index is 1.49. The van der Waals surface area contributed by atoms with Crippen molar-refractivity contribution < 1.29 is 14.3 Å². The molecule has 1 aliphatic rings. The number of hydrogen-bond acceptors (Lipinski definition) is 8. The smallest absolute Gasteiger partial charge is 0.341 e. The molecule has 3 heterocycles. The fraction of sp³-hybridized carbons (Fsp3) is 0.417. The molecule has 0 fully saturated rings. The summed E-state index contributed by atoms with van der Waals surface area (Å²) in [7, 11) is 1.37. The standard InChI is InChI=1S/C24H28N4O3S3/c1-5-10-28-21(15-11-18(14(2)3)32-12-15)26-27-24(28)33-13-19(29)25-22-20(23(30)31-4)16-8-6-7-9-17(16)34-22/h5,11-12,14H,1,6-10,13H2,2-4H3,(H,25,29). The van der Waals surface area contributed by atoms with E-state index in [1.807, 2.05) is 4.57 Å². The van der Waals surface area contributed by atoms with Gasteiger partial charge in [-0.2, -0.15) is 0 Å². The monoisotopic (exact) mass is 516 g/mol. The van der Waals surface area contributed by atoms with Crippen LogP contribution < -0.4 is 5.32 Å². The number of esters is 1. The molecular formula is C24H28N4O3S3. The molecule has 180 valence electrons. The first-order valence-corrected chi connectivity index (χ1v) is 13.9. The molecule has 4 rings (SSSR count). The van der Waals surface area contributed by atoms with Gasteiger partial charge >= 0.3 is 5.97 Å². The number of thioether (sulfide) groups is 1. The van der Waals surface area contributed by atoms with Crippen LogP contribution in [0.4, 0.5) is 5.00 Å². The first-order chi connectivity index (χ1) is 16.4. The topological polar surface area (TPSA) is 86.1 Å². The van der Waals surface area contributed by atoms with E-state index in [-0.39, 0.29) is 11.7 Å². The van der Waals surface area contributed by atoms with Gasteiger partial charge in [-0.25, -0.2) is 4.79 Å². The van der Waals surface area contributed by atoms with Crippen molar-refractivity contribution in [1.29, 1.82) is 0 Å². The summed E-state index contributed by atoms with van der Waals surface area (Å²) in [5, 5.41) is 15.0. The largest absolute Gasteiger partial charge is 0.465 e. The quantitative estimate of drug-likeness (QED) is 0.221. The fourth-order valence-electron chi connectivity index (χ4n) is 3.94. The van der Waals surface area contributed by atoms with Crippen LogP contribution in [0.5, 0.6) is 0 Å². The van der Waals surface area contributed by atoms with Gasteiger partial charge in [-0.15, -0.1) is 39.4 Å². The average Bonchev–Trinajstić information content (AvgIpc) is 3.54. The summed E-state index contributed by atoms with van der Waals surface area (Å²) in [4.78, 5) is 27.7. The first kappa shape index (κ1) is 24.7. The van der Waals surface area contributed by atoms with E-state index < -0.39 is 5.97 Å². The molecule has 0 aliphatic heterocycles. The molecule has 1 amide bonds. The lowest BCUT2D eigenvalue weighted by Crippen LogP contribution is -2.17. The molecule has 1 aliphatic carbocycles. The average molecular weight is 517 g/mol. The summed E-state index contributed by atoms with van der Waals surface area (Å²) in [6.45, 7) is 8.73. The van der Waals surface area contributed by atoms with Crippen molar-refractivity contribution in [3.8, 4) is 11.4 Å². The second kappa shape index (κ2) is 10.9. The molecule has 0 spiro atoms. The number of aromatic nitrogens is 3. The van der Waals surface area contributed by atoms with Gasteiger partial charge in [0.05, 0.1) is 18.4 Å². The van der Waals surface area contributed by atoms with Gasteiger partial charge in [-0.1, -0.05) is 31.7 Å². The second-order valence-electron chi connectivity index (χ2n) is 8.34. The molecule has 3 aromatic heterocycles. The SMILES string of the molecule is C=CCn1c(SCC(=O)Nc2sc3c(c2C(=O)OC)CCCC3)nnc1-c1csc(C(C)C)c1. The highest BCUT2D eigenvalue weighted by molar-refractivity contribution is 7.99. The van der Waals surface area contributed by atoms with Crippen LogP contribution in [-0.4, -0.2) is 39.5 Å². The summed E-state index contributed by atoms with van der Waals surface area (Å²) in [6.07, 6.45) is 5.71. The Hall–Kier alpha value is -2.43. The van der Waals surface area contributed by atoms with Gasteiger partial charge in [0.25, 0.3) is 0 Å². The van der Waals surface area contributed by atoms with Crippen LogP contribution in [0.3, 0.4) is 0 Å². The molecule has 10 heteroatoms. The molecule has 34 heavy (non-hydrogen) atoms. The van der Waals surface area contributed by atoms with E-state index in [9.17, 15) is 9.59 Å². The predicted molar refractivity (Wildman–Crippen MR) is 139 cm³/mol. The zero-order chi connectivity index (χ0) is 24.2. The number of amides is 1. The number of allylic oxidation sites excluding steroid dienone is 1. The number of anilines is 1. The molecule has 1 N–H and O–H groups in total. The van der Waals surface area contributed by atoms with E-state index in [2.05, 4.69) is 47.4 Å². The number of aryl methyl sites for hydroxylation is 1. The van der Waals surface area contributed by atoms with E-state index in [0.717, 1.165) is 42.6 Å². The Labute approximate surface area is 211 Å². The number of rotatable bonds is 9. The van der Waals surface area contributed by atoms with E-state index in [0.29, 0.717) is 28.2 Å². The van der Waals surface area contributed by atoms with Gasteiger partial charge in [-0.05, 0) is 43.2 Å². The van der Waals surface area contributed by atoms with Gasteiger partial charge in [0.15, 0.2) is 11.0 Å². The first-order valence-electron chi connectivity index (χ1n) is 11.2. The van der Waals surface area contributed by atoms with Crippen LogP contribution in [-0.2, 0) is 28.9 Å². The third-order valence-electron chi connectivity index (χ3n) is 5.62. The number of thiophene rings is 2. The van der Waals surface area contributed by atoms with Crippen LogP contribution in [0.1, 0.15) is 58.3 Å². The summed E-state index contributed by atoms with van der Waals surface area (Å²) < 4.78 is 6.97. The molecule has 0 atom stereocenters. The van der Waals surface area contributed by atoms with Crippen molar-refractivity contribution in [3.63, 3.8) is 0 Å². The number of nitrogens with zero attached hydrogens (tertiary/aromatic N) is 3. The van der Waals surface area contributed by atoms with Crippen molar-refractivity contribution in [3.05, 3.63) is 45.0 Å². The number of ether oxygens (including phenoxy) is 1. The maximum atomic E-state index is 12.8. The molecule has 0 saturated carbocycles. The lowest BCUT2D eigenvalue weighted by Gasteiger charge is -2.11. The Bertz CT molecular complexity index is 1210. The lowest BCUT2D eigenvalue weighted by atomic mass is 9.95. The number of hydrogen-bond donors (Lipinski definition) is 1. The minimum absolute atomic E-state index is 0.152. The fourth-order valence-corrected chi connectivity index (χ4v) is 6.89. The van der Waals surface area contributed by atoms with E-state index in [4.69, 9.17) is 4.74 Å². The highest BCUT2D eigenvalue weighted by Gasteiger charge is 2.27. The molecule has 0 saturated heterocycles. The molecule has 7 nitrogen and oxygen atoms in total. The Morgan fingerprint density at radius 1 is 1.32 bits per heavy atom. The van der Waals surface area contributed by atoms with Crippen molar-refractivity contribution in [1.82, 2.24) is 14.8 Å². The third kappa shape index (κ3) is 5.13. The lowest BCUT2D eigenvalue weighted by molar-refractivity contribution is -0.113. The molecule has 0 unspecified atom stereocenters. The van der Waals surface area contributed by atoms with Crippen LogP contribution in [0.15, 0.2) is 29.3 Å². The number of nitrogens with one attached hydrogen (secondary N) is 1. The normalized spacial score (nSPS) is 13.1. The van der Waals surface area contributed by atoms with Crippen LogP contribution >= 0.6 is 34.4 Å². The molecule has 3 aromatic rings. The highest BCUT2D eigenvalue weighted by atomic mass is 32.2. The second-order valence-corrected chi connectivity index (χ2v) is 11.3. The van der Waals surface area contributed by atoms with Gasteiger partial charge in [0, 0.05) is 27.2 Å². The van der Waals surface area contributed by atoms with Crippen molar-refractivity contribution in [2.45, 2.75) is 57.1 Å². The third-order valence-corrected chi connectivity index (χ3v) is 9.03. The number of carbonyl (C=O) groups excluding carboxylic acids is 2. The Morgan fingerprint density at radius 2 is 2.12 bits per heavy atom. The zero-order valence-corrected chi connectivity index (χ0v) is 22.0. The molecule has 0 aromatic carbocycles.